The minimum atomic E-state index is -4.35. The van der Waals surface area contributed by atoms with E-state index >= 15 is 0 Å². The molecule has 0 bridgehead atoms. The van der Waals surface area contributed by atoms with Crippen LogP contribution in [0.3, 0.4) is 0 Å². The van der Waals surface area contributed by atoms with Crippen molar-refractivity contribution >= 4 is 12.6 Å². The minimum Gasteiger partial charge on any atom is -0.399 e. The van der Waals surface area contributed by atoms with Gasteiger partial charge in [-0.15, -0.1) is 0 Å². The quantitative estimate of drug-likeness (QED) is 0.766. The second-order valence-electron chi connectivity index (χ2n) is 7.17. The zero-order chi connectivity index (χ0) is 18.5. The summed E-state index contributed by atoms with van der Waals surface area (Å²) in [7, 11) is -0.563. The molecule has 25 heavy (non-hydrogen) atoms. The van der Waals surface area contributed by atoms with Crippen LogP contribution < -0.4 is 5.46 Å². The molecule has 2 aromatic rings. The summed E-state index contributed by atoms with van der Waals surface area (Å²) < 4.78 is 50.1. The molecule has 0 N–H and O–H groups in total. The molecule has 1 fully saturated rings. The number of nitrogens with zero attached hydrogens (tertiary/aromatic N) is 1. The van der Waals surface area contributed by atoms with Gasteiger partial charge in [-0.05, 0) is 51.0 Å². The Hall–Kier alpha value is -1.86. The molecule has 3 nitrogen and oxygen atoms in total. The average Bonchev–Trinajstić information content (AvgIpc) is 2.75. The van der Waals surface area contributed by atoms with Gasteiger partial charge in [-0.25, -0.2) is 0 Å². The Bertz CT molecular complexity index is 757. The van der Waals surface area contributed by atoms with E-state index in [0.717, 1.165) is 17.6 Å². The summed E-state index contributed by atoms with van der Waals surface area (Å²) in [5, 5.41) is 0. The molecule has 0 amide bonds. The number of rotatable bonds is 2. The Kier molecular flexibility index (Phi) is 4.20. The van der Waals surface area contributed by atoms with Gasteiger partial charge in [0.1, 0.15) is 0 Å². The highest BCUT2D eigenvalue weighted by Crippen LogP contribution is 2.36. The van der Waals surface area contributed by atoms with Gasteiger partial charge in [0.05, 0.1) is 16.8 Å². The topological polar surface area (TPSA) is 31.4 Å². The van der Waals surface area contributed by atoms with Crippen LogP contribution >= 0.6 is 0 Å². The first-order valence-corrected chi connectivity index (χ1v) is 7.98. The van der Waals surface area contributed by atoms with Gasteiger partial charge < -0.3 is 9.31 Å². The second kappa shape index (κ2) is 5.85. The van der Waals surface area contributed by atoms with Crippen LogP contribution in [0.15, 0.2) is 42.7 Å². The first kappa shape index (κ1) is 18.0. The van der Waals surface area contributed by atoms with E-state index in [1.165, 1.54) is 12.1 Å². The molecule has 0 unspecified atom stereocenters. The van der Waals surface area contributed by atoms with Crippen LogP contribution in [0.2, 0.25) is 0 Å². The lowest BCUT2D eigenvalue weighted by atomic mass is 9.79. The zero-order valence-corrected chi connectivity index (χ0v) is 14.5. The lowest BCUT2D eigenvalue weighted by molar-refractivity contribution is -0.137. The highest BCUT2D eigenvalue weighted by atomic mass is 19.4. The van der Waals surface area contributed by atoms with Crippen molar-refractivity contribution in [1.29, 1.82) is 0 Å². The summed E-state index contributed by atoms with van der Waals surface area (Å²) in [5.41, 5.74) is 0.478. The Balaban J connectivity index is 1.88. The van der Waals surface area contributed by atoms with Gasteiger partial charge in [-0.1, -0.05) is 18.2 Å². The maximum atomic E-state index is 12.7. The molecule has 0 radical (unpaired) electrons. The lowest BCUT2D eigenvalue weighted by Crippen LogP contribution is -2.41. The standard InChI is InChI=1S/C18H19BF3NO2/c1-16(2)17(3,4)25-19(24-16)15-9-13(10-23-11-15)12-5-7-14(8-6-12)18(20,21)22/h5-11H,1-4H3. The van der Waals surface area contributed by atoms with Crippen LogP contribution in [0, 0.1) is 0 Å². The third-order valence-electron chi connectivity index (χ3n) is 4.83. The number of aromatic nitrogens is 1. The van der Waals surface area contributed by atoms with E-state index in [9.17, 15) is 13.2 Å². The predicted molar refractivity (Wildman–Crippen MR) is 90.4 cm³/mol. The van der Waals surface area contributed by atoms with Crippen molar-refractivity contribution in [3.8, 4) is 11.1 Å². The number of hydrogen-bond acceptors (Lipinski definition) is 3. The van der Waals surface area contributed by atoms with Crippen LogP contribution in [0.4, 0.5) is 13.2 Å². The second-order valence-corrected chi connectivity index (χ2v) is 7.17. The number of halogens is 3. The molecule has 0 atom stereocenters. The van der Waals surface area contributed by atoms with Crippen LogP contribution in [0.5, 0.6) is 0 Å². The predicted octanol–water partition coefficient (Wildman–Crippen LogP) is 4.07. The fourth-order valence-electron chi connectivity index (χ4n) is 2.58. The number of alkyl halides is 3. The molecule has 0 spiro atoms. The Morgan fingerprint density at radius 1 is 0.880 bits per heavy atom. The SMILES string of the molecule is CC1(C)OB(c2cncc(-c3ccc(C(F)(F)F)cc3)c2)OC1(C)C. The van der Waals surface area contributed by atoms with Gasteiger partial charge in [-0.3, -0.25) is 4.98 Å². The highest BCUT2D eigenvalue weighted by molar-refractivity contribution is 6.62. The van der Waals surface area contributed by atoms with Crippen molar-refractivity contribution in [3.05, 3.63) is 48.3 Å². The molecule has 0 saturated carbocycles. The summed E-state index contributed by atoms with van der Waals surface area (Å²) in [6, 6.07) is 6.84. The van der Waals surface area contributed by atoms with Gasteiger partial charge in [0.15, 0.2) is 0 Å². The van der Waals surface area contributed by atoms with E-state index in [1.54, 1.807) is 12.4 Å². The van der Waals surface area contributed by atoms with E-state index in [1.807, 2.05) is 33.8 Å². The Morgan fingerprint density at radius 2 is 1.44 bits per heavy atom. The van der Waals surface area contributed by atoms with Gasteiger partial charge >= 0.3 is 13.3 Å². The molecule has 2 heterocycles. The molecule has 1 aromatic carbocycles. The number of benzene rings is 1. The normalized spacial score (nSPS) is 19.2. The minimum absolute atomic E-state index is 0.470. The van der Waals surface area contributed by atoms with Crippen molar-refractivity contribution in [1.82, 2.24) is 4.98 Å². The van der Waals surface area contributed by atoms with Crippen LogP contribution in [0.25, 0.3) is 11.1 Å². The van der Waals surface area contributed by atoms with Crippen LogP contribution in [-0.4, -0.2) is 23.3 Å². The molecule has 132 valence electrons. The first-order chi connectivity index (χ1) is 11.5. The molecule has 0 aliphatic carbocycles. The Morgan fingerprint density at radius 3 is 1.96 bits per heavy atom. The van der Waals surface area contributed by atoms with Crippen molar-refractivity contribution in [2.75, 3.05) is 0 Å². The average molecular weight is 349 g/mol. The maximum Gasteiger partial charge on any atom is 0.496 e. The molecule has 7 heteroatoms. The van der Waals surface area contributed by atoms with Gasteiger partial charge in [-0.2, -0.15) is 13.2 Å². The molecule has 1 aromatic heterocycles. The smallest absolute Gasteiger partial charge is 0.399 e. The third kappa shape index (κ3) is 3.44. The maximum absolute atomic E-state index is 12.7. The van der Waals surface area contributed by atoms with Crippen LogP contribution in [0.1, 0.15) is 33.3 Å². The monoisotopic (exact) mass is 349 g/mol. The summed E-state index contributed by atoms with van der Waals surface area (Å²) >= 11 is 0. The molecular formula is C18H19BF3NO2. The lowest BCUT2D eigenvalue weighted by Gasteiger charge is -2.32. The van der Waals surface area contributed by atoms with Gasteiger partial charge in [0.25, 0.3) is 0 Å². The molecule has 1 aliphatic heterocycles. The summed E-state index contributed by atoms with van der Waals surface area (Å²) in [5.74, 6) is 0. The Labute approximate surface area is 145 Å². The van der Waals surface area contributed by atoms with Crippen molar-refractivity contribution in [2.45, 2.75) is 45.1 Å². The largest absolute Gasteiger partial charge is 0.496 e. The van der Waals surface area contributed by atoms with Gasteiger partial charge in [0, 0.05) is 17.9 Å². The molecule has 3 rings (SSSR count). The third-order valence-corrected chi connectivity index (χ3v) is 4.83. The molecular weight excluding hydrogens is 330 g/mol. The number of pyridine rings is 1. The summed E-state index contributed by atoms with van der Waals surface area (Å²) in [6.45, 7) is 7.83. The first-order valence-electron chi connectivity index (χ1n) is 7.98. The number of hydrogen-bond donors (Lipinski definition) is 0. The zero-order valence-electron chi connectivity index (χ0n) is 14.5. The van der Waals surface area contributed by atoms with E-state index in [4.69, 9.17) is 9.31 Å². The van der Waals surface area contributed by atoms with E-state index in [-0.39, 0.29) is 0 Å². The highest BCUT2D eigenvalue weighted by Gasteiger charge is 2.51. The van der Waals surface area contributed by atoms with E-state index in [0.29, 0.717) is 11.1 Å². The van der Waals surface area contributed by atoms with E-state index < -0.39 is 30.1 Å². The van der Waals surface area contributed by atoms with E-state index in [2.05, 4.69) is 4.98 Å². The summed E-state index contributed by atoms with van der Waals surface area (Å²) in [6.07, 6.45) is -1.09. The molecule has 1 saturated heterocycles. The van der Waals surface area contributed by atoms with Gasteiger partial charge in [0.2, 0.25) is 0 Å². The fraction of sp³-hybridized carbons (Fsp3) is 0.389. The van der Waals surface area contributed by atoms with Crippen molar-refractivity contribution < 1.29 is 22.5 Å². The van der Waals surface area contributed by atoms with Crippen LogP contribution in [-0.2, 0) is 15.5 Å². The van der Waals surface area contributed by atoms with Crippen molar-refractivity contribution in [2.24, 2.45) is 0 Å². The fourth-order valence-corrected chi connectivity index (χ4v) is 2.58. The van der Waals surface area contributed by atoms with Crippen molar-refractivity contribution in [3.63, 3.8) is 0 Å². The summed E-state index contributed by atoms with van der Waals surface area (Å²) in [4.78, 5) is 4.19. The molecule has 1 aliphatic rings.